The number of phenols is 1. The second kappa shape index (κ2) is 5.43. The van der Waals surface area contributed by atoms with Gasteiger partial charge in [0.05, 0.1) is 12.7 Å². The fourth-order valence-corrected chi connectivity index (χ4v) is 3.31. The van der Waals surface area contributed by atoms with Crippen molar-refractivity contribution in [2.24, 2.45) is 0 Å². The lowest BCUT2D eigenvalue weighted by Gasteiger charge is -2.06. The molecule has 0 aliphatic rings. The SMILES string of the molecule is O=C(O)c1ccc(-c2cc(I)c(O)c(I)c2)cc1. The fourth-order valence-electron chi connectivity index (χ4n) is 1.54. The van der Waals surface area contributed by atoms with Crippen LogP contribution in [0, 0.1) is 7.14 Å². The summed E-state index contributed by atoms with van der Waals surface area (Å²) in [6.07, 6.45) is 0. The molecule has 0 unspecified atom stereocenters. The molecule has 0 heterocycles. The van der Waals surface area contributed by atoms with Gasteiger partial charge in [0.25, 0.3) is 0 Å². The van der Waals surface area contributed by atoms with Gasteiger partial charge in [-0.15, -0.1) is 0 Å². The molecule has 0 radical (unpaired) electrons. The monoisotopic (exact) mass is 466 g/mol. The van der Waals surface area contributed by atoms with E-state index < -0.39 is 5.97 Å². The van der Waals surface area contributed by atoms with Crippen LogP contribution in [-0.2, 0) is 0 Å². The Kier molecular flexibility index (Phi) is 4.10. The van der Waals surface area contributed by atoms with Gasteiger partial charge in [-0.2, -0.15) is 0 Å². The summed E-state index contributed by atoms with van der Waals surface area (Å²) in [5, 5.41) is 18.5. The van der Waals surface area contributed by atoms with Crippen LogP contribution in [0.1, 0.15) is 10.4 Å². The Morgan fingerprint density at radius 3 is 1.89 bits per heavy atom. The molecule has 0 spiro atoms. The van der Waals surface area contributed by atoms with Crippen molar-refractivity contribution in [3.8, 4) is 16.9 Å². The number of halogens is 2. The molecular weight excluding hydrogens is 458 g/mol. The number of hydrogen-bond acceptors (Lipinski definition) is 2. The number of rotatable bonds is 2. The summed E-state index contributed by atoms with van der Waals surface area (Å²) in [4.78, 5) is 10.8. The maximum Gasteiger partial charge on any atom is 0.335 e. The number of aromatic hydroxyl groups is 1. The molecule has 0 atom stereocenters. The van der Waals surface area contributed by atoms with Crippen molar-refractivity contribution < 1.29 is 15.0 Å². The number of carbonyl (C=O) groups is 1. The van der Waals surface area contributed by atoms with Gasteiger partial charge < -0.3 is 10.2 Å². The van der Waals surface area contributed by atoms with Crippen LogP contribution in [0.4, 0.5) is 0 Å². The van der Waals surface area contributed by atoms with Crippen molar-refractivity contribution in [1.29, 1.82) is 0 Å². The molecule has 3 nitrogen and oxygen atoms in total. The molecule has 0 bridgehead atoms. The Balaban J connectivity index is 2.46. The van der Waals surface area contributed by atoms with Gasteiger partial charge in [-0.05, 0) is 80.6 Å². The van der Waals surface area contributed by atoms with Gasteiger partial charge in [-0.25, -0.2) is 4.79 Å². The first-order valence-corrected chi connectivity index (χ1v) is 7.16. The summed E-state index contributed by atoms with van der Waals surface area (Å²) in [5.74, 6) is -0.654. The van der Waals surface area contributed by atoms with Crippen LogP contribution in [0.5, 0.6) is 5.75 Å². The summed E-state index contributed by atoms with van der Waals surface area (Å²) >= 11 is 4.14. The van der Waals surface area contributed by atoms with E-state index in [4.69, 9.17) is 5.11 Å². The Bertz CT molecular complexity index is 583. The molecule has 92 valence electrons. The summed E-state index contributed by atoms with van der Waals surface area (Å²) in [6.45, 7) is 0. The molecule has 0 saturated carbocycles. The highest BCUT2D eigenvalue weighted by molar-refractivity contribution is 14.1. The van der Waals surface area contributed by atoms with E-state index in [9.17, 15) is 9.90 Å². The number of benzene rings is 2. The molecule has 0 saturated heterocycles. The molecule has 0 aliphatic heterocycles. The van der Waals surface area contributed by atoms with Gasteiger partial charge in [0.15, 0.2) is 0 Å². The van der Waals surface area contributed by atoms with Crippen LogP contribution in [0.2, 0.25) is 0 Å². The minimum atomic E-state index is -0.934. The zero-order valence-electron chi connectivity index (χ0n) is 9.02. The average molecular weight is 466 g/mol. The smallest absolute Gasteiger partial charge is 0.335 e. The van der Waals surface area contributed by atoms with Gasteiger partial charge in [-0.1, -0.05) is 12.1 Å². The molecule has 2 aromatic rings. The first kappa shape index (κ1) is 13.6. The lowest BCUT2D eigenvalue weighted by atomic mass is 10.0. The van der Waals surface area contributed by atoms with E-state index in [1.165, 1.54) is 0 Å². The Morgan fingerprint density at radius 2 is 1.44 bits per heavy atom. The molecule has 0 amide bonds. The third-order valence-corrected chi connectivity index (χ3v) is 4.13. The van der Waals surface area contributed by atoms with E-state index in [0.29, 0.717) is 0 Å². The Labute approximate surface area is 131 Å². The third-order valence-electron chi connectivity index (χ3n) is 2.48. The fraction of sp³-hybridized carbons (Fsp3) is 0. The molecule has 0 fully saturated rings. The molecule has 2 aromatic carbocycles. The van der Waals surface area contributed by atoms with Gasteiger partial charge >= 0.3 is 5.97 Å². The molecule has 18 heavy (non-hydrogen) atoms. The lowest BCUT2D eigenvalue weighted by Crippen LogP contribution is -1.95. The normalized spacial score (nSPS) is 10.3. The van der Waals surface area contributed by atoms with Crippen LogP contribution in [-0.4, -0.2) is 16.2 Å². The Morgan fingerprint density at radius 1 is 0.944 bits per heavy atom. The predicted molar refractivity (Wildman–Crippen MR) is 85.9 cm³/mol. The van der Waals surface area contributed by atoms with Crippen LogP contribution in [0.25, 0.3) is 11.1 Å². The molecular formula is C13H8I2O3. The van der Waals surface area contributed by atoms with E-state index in [0.717, 1.165) is 18.3 Å². The first-order chi connectivity index (χ1) is 8.49. The zero-order chi connectivity index (χ0) is 13.3. The number of hydrogen-bond donors (Lipinski definition) is 2. The number of carboxylic acid groups (broad SMARTS) is 1. The maximum atomic E-state index is 10.8. The quantitative estimate of drug-likeness (QED) is 0.660. The van der Waals surface area contributed by atoms with Crippen molar-refractivity contribution >= 4 is 51.2 Å². The topological polar surface area (TPSA) is 57.5 Å². The van der Waals surface area contributed by atoms with Crippen LogP contribution < -0.4 is 0 Å². The van der Waals surface area contributed by atoms with Gasteiger partial charge in [0, 0.05) is 0 Å². The number of carboxylic acids is 1. The molecule has 0 aliphatic carbocycles. The second-order valence-corrected chi connectivity index (χ2v) is 6.00. The molecule has 2 rings (SSSR count). The number of phenolic OH excluding ortho intramolecular Hbond substituents is 1. The van der Waals surface area contributed by atoms with Gasteiger partial charge in [0.1, 0.15) is 5.75 Å². The highest BCUT2D eigenvalue weighted by atomic mass is 127. The lowest BCUT2D eigenvalue weighted by molar-refractivity contribution is 0.0697. The standard InChI is InChI=1S/C13H8I2O3/c14-10-5-9(6-11(15)12(10)16)7-1-3-8(4-2-7)13(17)18/h1-6,16H,(H,17,18). The number of aromatic carboxylic acids is 1. The van der Waals surface area contributed by atoms with E-state index in [1.54, 1.807) is 24.3 Å². The highest BCUT2D eigenvalue weighted by Gasteiger charge is 2.08. The van der Waals surface area contributed by atoms with E-state index in [-0.39, 0.29) is 11.3 Å². The average Bonchev–Trinajstić information content (AvgIpc) is 2.35. The molecule has 2 N–H and O–H groups in total. The predicted octanol–water partition coefficient (Wildman–Crippen LogP) is 3.97. The van der Waals surface area contributed by atoms with Crippen molar-refractivity contribution in [2.75, 3.05) is 0 Å². The van der Waals surface area contributed by atoms with Crippen molar-refractivity contribution in [1.82, 2.24) is 0 Å². The first-order valence-electron chi connectivity index (χ1n) is 5.01. The van der Waals surface area contributed by atoms with Crippen LogP contribution in [0.15, 0.2) is 36.4 Å². The minimum Gasteiger partial charge on any atom is -0.506 e. The van der Waals surface area contributed by atoms with Crippen molar-refractivity contribution in [3.05, 3.63) is 49.1 Å². The summed E-state index contributed by atoms with van der Waals surface area (Å²) in [7, 11) is 0. The molecule has 5 heteroatoms. The largest absolute Gasteiger partial charge is 0.506 e. The van der Waals surface area contributed by atoms with Gasteiger partial charge in [0.2, 0.25) is 0 Å². The van der Waals surface area contributed by atoms with E-state index >= 15 is 0 Å². The van der Waals surface area contributed by atoms with E-state index in [2.05, 4.69) is 45.2 Å². The maximum absolute atomic E-state index is 10.8. The highest BCUT2D eigenvalue weighted by Crippen LogP contribution is 2.32. The van der Waals surface area contributed by atoms with E-state index in [1.807, 2.05) is 12.1 Å². The summed E-state index contributed by atoms with van der Waals surface area (Å²) < 4.78 is 1.55. The van der Waals surface area contributed by atoms with Crippen molar-refractivity contribution in [2.45, 2.75) is 0 Å². The minimum absolute atomic E-state index is 0.266. The van der Waals surface area contributed by atoms with Crippen LogP contribution >= 0.6 is 45.2 Å². The summed E-state index contributed by atoms with van der Waals surface area (Å²) in [6, 6.07) is 10.4. The summed E-state index contributed by atoms with van der Waals surface area (Å²) in [5.41, 5.74) is 2.15. The zero-order valence-corrected chi connectivity index (χ0v) is 13.3. The van der Waals surface area contributed by atoms with Gasteiger partial charge in [-0.3, -0.25) is 0 Å². The Hall–Kier alpha value is -0.830. The second-order valence-electron chi connectivity index (χ2n) is 3.67. The molecule has 0 aromatic heterocycles. The third kappa shape index (κ3) is 2.77. The van der Waals surface area contributed by atoms with Crippen LogP contribution in [0.3, 0.4) is 0 Å². The van der Waals surface area contributed by atoms with Crippen molar-refractivity contribution in [3.63, 3.8) is 0 Å².